The Hall–Kier alpha value is -0.920. The summed E-state index contributed by atoms with van der Waals surface area (Å²) in [6.07, 6.45) is 0.592. The first-order valence-electron chi connectivity index (χ1n) is 5.35. The van der Waals surface area contributed by atoms with Gasteiger partial charge in [-0.25, -0.2) is 8.42 Å². The molecule has 0 aromatic carbocycles. The Morgan fingerprint density at radius 3 is 2.67 bits per heavy atom. The average Bonchev–Trinajstić information content (AvgIpc) is 2.63. The van der Waals surface area contributed by atoms with Gasteiger partial charge in [-0.05, 0) is 0 Å². The lowest BCUT2D eigenvalue weighted by molar-refractivity contribution is 0.111. The van der Waals surface area contributed by atoms with Crippen molar-refractivity contribution in [3.63, 3.8) is 0 Å². The zero-order chi connectivity index (χ0) is 13.8. The molecular formula is C10H15ClN2O4S. The van der Waals surface area contributed by atoms with Gasteiger partial charge in [-0.1, -0.05) is 18.5 Å². The van der Waals surface area contributed by atoms with E-state index in [1.54, 1.807) is 6.92 Å². The Kier molecular flexibility index (Phi) is 5.30. The molecule has 1 heterocycles. The summed E-state index contributed by atoms with van der Waals surface area (Å²) in [5, 5.41) is 4.21. The van der Waals surface area contributed by atoms with Gasteiger partial charge >= 0.3 is 0 Å². The van der Waals surface area contributed by atoms with Crippen LogP contribution in [0, 0.1) is 0 Å². The molecule has 1 rings (SSSR count). The van der Waals surface area contributed by atoms with Crippen molar-refractivity contribution >= 4 is 27.7 Å². The molecule has 1 aromatic heterocycles. The third-order valence-corrected chi connectivity index (χ3v) is 4.54. The van der Waals surface area contributed by atoms with E-state index in [2.05, 4.69) is 5.10 Å². The second-order valence-corrected chi connectivity index (χ2v) is 6.49. The number of methoxy groups -OCH3 is 1. The summed E-state index contributed by atoms with van der Waals surface area (Å²) in [6, 6.07) is 0. The molecule has 0 spiro atoms. The molecule has 1 aromatic rings. The van der Waals surface area contributed by atoms with Gasteiger partial charge in [0.05, 0.1) is 24.5 Å². The van der Waals surface area contributed by atoms with Crippen LogP contribution in [0.4, 0.5) is 0 Å². The van der Waals surface area contributed by atoms with Crippen LogP contribution in [0.15, 0.2) is 0 Å². The molecule has 18 heavy (non-hydrogen) atoms. The number of carbonyl (C=O) groups is 1. The second kappa shape index (κ2) is 6.31. The third kappa shape index (κ3) is 3.54. The molecule has 0 aliphatic rings. The second-order valence-electron chi connectivity index (χ2n) is 3.66. The van der Waals surface area contributed by atoms with Gasteiger partial charge in [-0.2, -0.15) is 5.10 Å². The Morgan fingerprint density at radius 2 is 2.17 bits per heavy atom. The van der Waals surface area contributed by atoms with Crippen molar-refractivity contribution in [1.29, 1.82) is 0 Å². The van der Waals surface area contributed by atoms with E-state index in [0.717, 1.165) is 0 Å². The predicted molar refractivity (Wildman–Crippen MR) is 67.7 cm³/mol. The van der Waals surface area contributed by atoms with E-state index in [-0.39, 0.29) is 35.4 Å². The molecule has 0 fully saturated rings. The van der Waals surface area contributed by atoms with E-state index in [0.29, 0.717) is 12.0 Å². The lowest BCUT2D eigenvalue weighted by Gasteiger charge is -2.03. The fourth-order valence-corrected chi connectivity index (χ4v) is 2.40. The molecule has 8 heteroatoms. The number of sulfone groups is 1. The molecule has 0 amide bonds. The van der Waals surface area contributed by atoms with Crippen molar-refractivity contribution in [3.8, 4) is 0 Å². The fourth-order valence-electron chi connectivity index (χ4n) is 1.38. The van der Waals surface area contributed by atoms with E-state index < -0.39 is 9.84 Å². The van der Waals surface area contributed by atoms with Crippen LogP contribution in [0.5, 0.6) is 0 Å². The number of aromatic nitrogens is 2. The smallest absolute Gasteiger partial charge is 0.155 e. The van der Waals surface area contributed by atoms with E-state index in [4.69, 9.17) is 16.3 Å². The molecule has 0 bridgehead atoms. The van der Waals surface area contributed by atoms with Crippen LogP contribution in [0.3, 0.4) is 0 Å². The minimum Gasteiger partial charge on any atom is -0.378 e. The van der Waals surface area contributed by atoms with Crippen LogP contribution in [-0.4, -0.2) is 43.1 Å². The molecule has 0 radical (unpaired) electrons. The van der Waals surface area contributed by atoms with Crippen LogP contribution >= 0.6 is 11.6 Å². The monoisotopic (exact) mass is 294 g/mol. The number of rotatable bonds is 7. The van der Waals surface area contributed by atoms with Crippen molar-refractivity contribution in [1.82, 2.24) is 9.78 Å². The Morgan fingerprint density at radius 1 is 1.50 bits per heavy atom. The average molecular weight is 295 g/mol. The molecule has 0 atom stereocenters. The molecule has 0 aliphatic heterocycles. The summed E-state index contributed by atoms with van der Waals surface area (Å²) in [4.78, 5) is 10.9. The normalized spacial score (nSPS) is 11.7. The van der Waals surface area contributed by atoms with Crippen molar-refractivity contribution in [2.24, 2.45) is 0 Å². The largest absolute Gasteiger partial charge is 0.378 e. The summed E-state index contributed by atoms with van der Waals surface area (Å²) >= 11 is 5.96. The van der Waals surface area contributed by atoms with Gasteiger partial charge in [-0.15, -0.1) is 0 Å². The summed E-state index contributed by atoms with van der Waals surface area (Å²) in [7, 11) is -1.62. The van der Waals surface area contributed by atoms with Crippen molar-refractivity contribution in [2.75, 3.05) is 18.6 Å². The van der Waals surface area contributed by atoms with Crippen LogP contribution in [0.1, 0.15) is 23.0 Å². The van der Waals surface area contributed by atoms with E-state index in [9.17, 15) is 13.2 Å². The molecule has 102 valence electrons. The zero-order valence-electron chi connectivity index (χ0n) is 10.2. The van der Waals surface area contributed by atoms with Gasteiger partial charge in [0.1, 0.15) is 10.8 Å². The molecular weight excluding hydrogens is 280 g/mol. The van der Waals surface area contributed by atoms with Gasteiger partial charge in [0.15, 0.2) is 16.1 Å². The highest BCUT2D eigenvalue weighted by Gasteiger charge is 2.17. The Labute approximate surface area is 111 Å². The van der Waals surface area contributed by atoms with Gasteiger partial charge in [-0.3, -0.25) is 9.48 Å². The van der Waals surface area contributed by atoms with Crippen molar-refractivity contribution < 1.29 is 17.9 Å². The number of hydrogen-bond acceptors (Lipinski definition) is 5. The highest BCUT2D eigenvalue weighted by atomic mass is 35.5. The quantitative estimate of drug-likeness (QED) is 0.699. The highest BCUT2D eigenvalue weighted by molar-refractivity contribution is 7.91. The summed E-state index contributed by atoms with van der Waals surface area (Å²) in [5.41, 5.74) is 0.652. The van der Waals surface area contributed by atoms with E-state index in [1.165, 1.54) is 11.8 Å². The molecule has 0 N–H and O–H groups in total. The first-order valence-corrected chi connectivity index (χ1v) is 7.54. The number of aryl methyl sites for hydroxylation is 1. The zero-order valence-corrected chi connectivity index (χ0v) is 11.8. The van der Waals surface area contributed by atoms with E-state index >= 15 is 0 Å². The number of aldehydes is 1. The maximum absolute atomic E-state index is 11.4. The Bertz CT molecular complexity index is 524. The first kappa shape index (κ1) is 15.1. The van der Waals surface area contributed by atoms with Crippen LogP contribution in [-0.2, 0) is 27.7 Å². The number of nitrogens with zero attached hydrogens (tertiary/aromatic N) is 2. The number of ether oxygens (including phenoxy) is 1. The lowest BCUT2D eigenvalue weighted by Crippen LogP contribution is -2.15. The summed E-state index contributed by atoms with van der Waals surface area (Å²) < 4.78 is 29.0. The number of halogens is 1. The van der Waals surface area contributed by atoms with E-state index in [1.807, 2.05) is 0 Å². The molecule has 0 saturated heterocycles. The van der Waals surface area contributed by atoms with Crippen molar-refractivity contribution in [2.45, 2.75) is 20.1 Å². The fraction of sp³-hybridized carbons (Fsp3) is 0.600. The van der Waals surface area contributed by atoms with Crippen LogP contribution < -0.4 is 0 Å². The topological polar surface area (TPSA) is 78.3 Å². The molecule has 0 saturated carbocycles. The van der Waals surface area contributed by atoms with Gasteiger partial charge in [0.25, 0.3) is 0 Å². The molecule has 0 aliphatic carbocycles. The summed E-state index contributed by atoms with van der Waals surface area (Å²) in [6.45, 7) is 1.86. The first-order chi connectivity index (χ1) is 8.45. The van der Waals surface area contributed by atoms with Gasteiger partial charge in [0.2, 0.25) is 0 Å². The predicted octanol–water partition coefficient (Wildman–Crippen LogP) is 0.930. The summed E-state index contributed by atoms with van der Waals surface area (Å²) in [5.74, 6) is 0.00692. The van der Waals surface area contributed by atoms with Crippen LogP contribution in [0.25, 0.3) is 0 Å². The third-order valence-electron chi connectivity index (χ3n) is 2.45. The van der Waals surface area contributed by atoms with Gasteiger partial charge in [0, 0.05) is 12.9 Å². The van der Waals surface area contributed by atoms with Crippen LogP contribution in [0.2, 0.25) is 5.15 Å². The lowest BCUT2D eigenvalue weighted by atomic mass is 10.3. The number of carbonyl (C=O) groups excluding carboxylic acids is 1. The van der Waals surface area contributed by atoms with Gasteiger partial charge < -0.3 is 4.74 Å². The minimum absolute atomic E-state index is 0.0599. The maximum Gasteiger partial charge on any atom is 0.155 e. The highest BCUT2D eigenvalue weighted by Crippen LogP contribution is 2.19. The minimum atomic E-state index is -3.10. The SMILES string of the molecule is CCS(=O)(=O)CCn1nc(COC)c(C=O)c1Cl. The number of hydrogen-bond donors (Lipinski definition) is 0. The standard InChI is InChI=1S/C10H15ClN2O4S/c1-3-18(15,16)5-4-13-10(11)8(6-14)9(12-13)7-17-2/h6H,3-5,7H2,1-2H3. The maximum atomic E-state index is 11.4. The molecule has 0 unspecified atom stereocenters. The Balaban J connectivity index is 2.93. The molecule has 6 nitrogen and oxygen atoms in total. The van der Waals surface area contributed by atoms with Crippen molar-refractivity contribution in [3.05, 3.63) is 16.4 Å².